The van der Waals surface area contributed by atoms with E-state index in [-0.39, 0.29) is 5.95 Å². The van der Waals surface area contributed by atoms with Gasteiger partial charge in [0.2, 0.25) is 5.95 Å². The minimum absolute atomic E-state index is 0.169. The van der Waals surface area contributed by atoms with Crippen LogP contribution < -0.4 is 5.73 Å². The molecule has 0 spiro atoms. The van der Waals surface area contributed by atoms with E-state index in [1.807, 2.05) is 0 Å². The van der Waals surface area contributed by atoms with Gasteiger partial charge in [0.05, 0.1) is 6.20 Å². The summed E-state index contributed by atoms with van der Waals surface area (Å²) < 4.78 is 0. The van der Waals surface area contributed by atoms with Gasteiger partial charge in [-0.3, -0.25) is 0 Å². The molecule has 7 nitrogen and oxygen atoms in total. The summed E-state index contributed by atoms with van der Waals surface area (Å²) in [4.78, 5) is 11.4. The molecule has 2 rings (SSSR count). The molecule has 0 bridgehead atoms. The quantitative estimate of drug-likeness (QED) is 0.572. The Morgan fingerprint density at radius 3 is 2.92 bits per heavy atom. The number of aromatic amines is 1. The zero-order valence-electron chi connectivity index (χ0n) is 5.97. The Morgan fingerprint density at radius 2 is 2.25 bits per heavy atom. The van der Waals surface area contributed by atoms with E-state index in [2.05, 4.69) is 30.4 Å². The van der Waals surface area contributed by atoms with Gasteiger partial charge >= 0.3 is 0 Å². The molecule has 2 aromatic heterocycles. The lowest BCUT2D eigenvalue weighted by atomic mass is 10.4. The van der Waals surface area contributed by atoms with Crippen molar-refractivity contribution in [1.29, 1.82) is 0 Å². The number of H-pyrrole nitrogens is 1. The van der Waals surface area contributed by atoms with Crippen LogP contribution in [0.25, 0.3) is 11.5 Å². The summed E-state index contributed by atoms with van der Waals surface area (Å²) in [7, 11) is 0. The summed E-state index contributed by atoms with van der Waals surface area (Å²) >= 11 is 0. The van der Waals surface area contributed by atoms with Gasteiger partial charge in [-0.1, -0.05) is 0 Å². The number of anilines is 1. The Balaban J connectivity index is 2.48. The van der Waals surface area contributed by atoms with E-state index in [0.29, 0.717) is 11.5 Å². The molecule has 2 heterocycles. The number of nitrogen functional groups attached to an aromatic ring is 1. The summed E-state index contributed by atoms with van der Waals surface area (Å²) in [5.74, 6) is 0.583. The third-order valence-corrected chi connectivity index (χ3v) is 1.23. The van der Waals surface area contributed by atoms with Crippen molar-refractivity contribution in [3.8, 4) is 11.5 Å². The molecule has 0 aliphatic heterocycles. The van der Waals surface area contributed by atoms with Crippen molar-refractivity contribution in [3.63, 3.8) is 0 Å². The van der Waals surface area contributed by atoms with E-state index in [4.69, 9.17) is 5.73 Å². The van der Waals surface area contributed by atoms with Crippen LogP contribution in [-0.4, -0.2) is 30.4 Å². The highest BCUT2D eigenvalue weighted by Gasteiger charge is 2.03. The predicted octanol–water partition coefficient (Wildman–Crippen LogP) is -0.761. The van der Waals surface area contributed by atoms with Crippen molar-refractivity contribution in [3.05, 3.63) is 12.5 Å². The highest BCUT2D eigenvalue weighted by Crippen LogP contribution is 2.07. The summed E-state index contributed by atoms with van der Waals surface area (Å²) in [5.41, 5.74) is 5.89. The van der Waals surface area contributed by atoms with Crippen LogP contribution in [0.4, 0.5) is 5.95 Å². The van der Waals surface area contributed by atoms with Gasteiger partial charge < -0.3 is 5.73 Å². The molecule has 60 valence electrons. The number of nitrogens with two attached hydrogens (primary N) is 1. The van der Waals surface area contributed by atoms with E-state index in [0.717, 1.165) is 0 Å². The molecule has 0 atom stereocenters. The molecule has 0 amide bonds. The van der Waals surface area contributed by atoms with Crippen molar-refractivity contribution in [2.75, 3.05) is 5.73 Å². The number of hydrogen-bond acceptors (Lipinski definition) is 6. The average Bonchev–Trinajstić information content (AvgIpc) is 2.56. The van der Waals surface area contributed by atoms with Crippen molar-refractivity contribution in [2.45, 2.75) is 0 Å². The van der Waals surface area contributed by atoms with Crippen molar-refractivity contribution < 1.29 is 0 Å². The van der Waals surface area contributed by atoms with Crippen LogP contribution in [0.5, 0.6) is 0 Å². The second-order valence-electron chi connectivity index (χ2n) is 2.02. The number of nitrogens with zero attached hydrogens (tertiary/aromatic N) is 5. The fourth-order valence-corrected chi connectivity index (χ4v) is 0.742. The SMILES string of the molecule is Nc1ncnc(-c2cn[nH]n2)n1. The van der Waals surface area contributed by atoms with Gasteiger partial charge in [-0.05, 0) is 0 Å². The number of aromatic nitrogens is 6. The molecule has 0 saturated carbocycles. The second kappa shape index (κ2) is 2.53. The first-order valence-electron chi connectivity index (χ1n) is 3.17. The largest absolute Gasteiger partial charge is 0.368 e. The Kier molecular flexibility index (Phi) is 1.40. The lowest BCUT2D eigenvalue weighted by Gasteiger charge is -1.92. The molecule has 7 heteroatoms. The van der Waals surface area contributed by atoms with E-state index in [1.165, 1.54) is 12.5 Å². The molecule has 0 aromatic carbocycles. The topological polar surface area (TPSA) is 106 Å². The monoisotopic (exact) mass is 163 g/mol. The Morgan fingerprint density at radius 1 is 1.33 bits per heavy atom. The van der Waals surface area contributed by atoms with Crippen LogP contribution in [-0.2, 0) is 0 Å². The maximum atomic E-state index is 5.34. The lowest BCUT2D eigenvalue weighted by molar-refractivity contribution is 0.936. The van der Waals surface area contributed by atoms with E-state index < -0.39 is 0 Å². The average molecular weight is 163 g/mol. The predicted molar refractivity (Wildman–Crippen MR) is 39.6 cm³/mol. The van der Waals surface area contributed by atoms with Crippen LogP contribution >= 0.6 is 0 Å². The van der Waals surface area contributed by atoms with Gasteiger partial charge in [0.15, 0.2) is 5.82 Å². The fourth-order valence-electron chi connectivity index (χ4n) is 0.742. The summed E-state index contributed by atoms with van der Waals surface area (Å²) in [6, 6.07) is 0. The second-order valence-corrected chi connectivity index (χ2v) is 2.02. The van der Waals surface area contributed by atoms with E-state index in [9.17, 15) is 0 Å². The standard InChI is InChI=1S/C5H5N7/c6-5-8-2-7-4(10-5)3-1-9-12-11-3/h1-2H,(H,9,11,12)(H2,6,7,8,10). The fraction of sp³-hybridized carbons (Fsp3) is 0. The zero-order chi connectivity index (χ0) is 8.39. The van der Waals surface area contributed by atoms with Crippen LogP contribution in [0.3, 0.4) is 0 Å². The van der Waals surface area contributed by atoms with Gasteiger partial charge in [-0.25, -0.2) is 9.97 Å². The zero-order valence-corrected chi connectivity index (χ0v) is 5.97. The third-order valence-electron chi connectivity index (χ3n) is 1.23. The molecule has 0 fully saturated rings. The molecule has 0 saturated heterocycles. The minimum Gasteiger partial charge on any atom is -0.368 e. The summed E-state index contributed by atoms with van der Waals surface area (Å²) in [6.45, 7) is 0. The molecule has 2 aromatic rings. The third kappa shape index (κ3) is 1.07. The molecule has 12 heavy (non-hydrogen) atoms. The van der Waals surface area contributed by atoms with Crippen LogP contribution in [0.15, 0.2) is 12.5 Å². The van der Waals surface area contributed by atoms with Gasteiger partial charge in [-0.15, -0.1) is 0 Å². The first-order valence-corrected chi connectivity index (χ1v) is 3.17. The summed E-state index contributed by atoms with van der Waals surface area (Å²) in [5, 5.41) is 9.84. The maximum absolute atomic E-state index is 5.34. The molecule has 0 aliphatic rings. The van der Waals surface area contributed by atoms with Crippen molar-refractivity contribution in [1.82, 2.24) is 30.4 Å². The smallest absolute Gasteiger partial charge is 0.223 e. The van der Waals surface area contributed by atoms with Crippen molar-refractivity contribution in [2.24, 2.45) is 0 Å². The lowest BCUT2D eigenvalue weighted by Crippen LogP contribution is -1.98. The van der Waals surface area contributed by atoms with Gasteiger partial charge in [-0.2, -0.15) is 20.4 Å². The molecule has 0 radical (unpaired) electrons. The van der Waals surface area contributed by atoms with E-state index in [1.54, 1.807) is 0 Å². The molecule has 0 unspecified atom stereocenters. The first kappa shape index (κ1) is 6.65. The van der Waals surface area contributed by atoms with Crippen LogP contribution in [0, 0.1) is 0 Å². The number of nitrogens with one attached hydrogen (secondary N) is 1. The van der Waals surface area contributed by atoms with Crippen LogP contribution in [0.1, 0.15) is 0 Å². The molecular formula is C5H5N7. The van der Waals surface area contributed by atoms with Gasteiger partial charge in [0.25, 0.3) is 0 Å². The summed E-state index contributed by atoms with van der Waals surface area (Å²) in [6.07, 6.45) is 2.83. The number of hydrogen-bond donors (Lipinski definition) is 2. The normalized spacial score (nSPS) is 10.0. The first-order chi connectivity index (χ1) is 5.86. The number of rotatable bonds is 1. The Bertz CT molecular complexity index is 367. The minimum atomic E-state index is 0.169. The van der Waals surface area contributed by atoms with Gasteiger partial charge in [0.1, 0.15) is 12.0 Å². The highest BCUT2D eigenvalue weighted by molar-refractivity contribution is 5.46. The molecule has 0 aliphatic carbocycles. The van der Waals surface area contributed by atoms with Crippen LogP contribution in [0.2, 0.25) is 0 Å². The highest BCUT2D eigenvalue weighted by atomic mass is 15.3. The van der Waals surface area contributed by atoms with Gasteiger partial charge in [0, 0.05) is 0 Å². The van der Waals surface area contributed by atoms with Crippen molar-refractivity contribution >= 4 is 5.95 Å². The van der Waals surface area contributed by atoms with E-state index >= 15 is 0 Å². The Hall–Kier alpha value is -2.05. The molecular weight excluding hydrogens is 158 g/mol. The molecule has 3 N–H and O–H groups in total. The maximum Gasteiger partial charge on any atom is 0.223 e. The Labute approximate surface area is 67.1 Å².